The molecule has 1 aromatic heterocycles. The van der Waals surface area contributed by atoms with Gasteiger partial charge in [0.05, 0.1) is 19.1 Å². The molecule has 0 saturated heterocycles. The third kappa shape index (κ3) is 5.32. The van der Waals surface area contributed by atoms with E-state index in [2.05, 4.69) is 127 Å². The predicted molar refractivity (Wildman–Crippen MR) is 181 cm³/mol. The minimum absolute atomic E-state index is 0.894. The molecule has 200 valence electrons. The lowest BCUT2D eigenvalue weighted by Gasteiger charge is -2.25. The topological polar surface area (TPSA) is 4.93 Å². The summed E-state index contributed by atoms with van der Waals surface area (Å²) in [5.41, 5.74) is 6.15. The number of nitrogens with zero attached hydrogens (tertiary/aromatic N) is 1. The first-order valence-electron chi connectivity index (χ1n) is 14.0. The summed E-state index contributed by atoms with van der Waals surface area (Å²) in [7, 11) is -1.62. The van der Waals surface area contributed by atoms with E-state index in [1.165, 1.54) is 49.9 Å². The minimum Gasteiger partial charge on any atom is -0.309 e. The number of para-hydroxylation sites is 2. The number of hydrogen-bond donors (Lipinski definition) is 0. The molecule has 6 rings (SSSR count). The second-order valence-electron chi connectivity index (χ2n) is 11.3. The monoisotopic (exact) mass is 593 g/mol. The average molecular weight is 595 g/mol. The van der Waals surface area contributed by atoms with Gasteiger partial charge in [0, 0.05) is 16.5 Å². The number of hydrogen-bond acceptors (Lipinski definition) is 0. The molecule has 1 nitrogen and oxygen atoms in total. The maximum Gasteiger partial charge on any atom is 0.280 e. The van der Waals surface area contributed by atoms with Gasteiger partial charge in [-0.2, -0.15) is 0 Å². The fraction of sp³-hybridized carbons (Fsp3) is 0.143. The number of benzene rings is 5. The zero-order valence-corrected chi connectivity index (χ0v) is 26.5. The summed E-state index contributed by atoms with van der Waals surface area (Å²) in [5, 5.41) is 5.16. The summed E-state index contributed by atoms with van der Waals surface area (Å²) >= 11 is 13.7. The Bertz CT molecular complexity index is 1760. The first-order chi connectivity index (χ1) is 19.3. The van der Waals surface area contributed by atoms with Crippen LogP contribution in [-0.2, 0) is 0 Å². The highest BCUT2D eigenvalue weighted by Crippen LogP contribution is 2.35. The standard InChI is InChI=1S/C35H33Cl2NSi2/c1-39(2,24-11-25-40(36,37)31-14-7-4-8-15-31)30-21-18-27(19-22-30)28-20-23-35-33(26-28)32-16-9-10-17-34(32)38(35)29-12-5-3-6-13-29/h3-10,12-23,26H,11,24-25H2,1-2H3. The molecule has 0 spiro atoms. The van der Waals surface area contributed by atoms with Crippen molar-refractivity contribution in [3.05, 3.63) is 127 Å². The van der Waals surface area contributed by atoms with E-state index in [0.29, 0.717) is 0 Å². The SMILES string of the molecule is C[Si](C)(CCC[Si](Cl)(Cl)c1ccccc1)c1ccc(-c2ccc3c(c2)c2ccccc2n3-c2ccccc2)cc1. The fourth-order valence-corrected chi connectivity index (χ4v) is 11.8. The van der Waals surface area contributed by atoms with E-state index in [-0.39, 0.29) is 0 Å². The number of halogens is 2. The van der Waals surface area contributed by atoms with Crippen LogP contribution in [0.2, 0.25) is 25.2 Å². The average Bonchev–Trinajstić information content (AvgIpc) is 3.32. The van der Waals surface area contributed by atoms with Gasteiger partial charge in [0.1, 0.15) is 0 Å². The van der Waals surface area contributed by atoms with Crippen molar-refractivity contribution in [1.82, 2.24) is 4.57 Å². The molecule has 1 heterocycles. The highest BCUT2D eigenvalue weighted by molar-refractivity contribution is 7.51. The summed E-state index contributed by atoms with van der Waals surface area (Å²) < 4.78 is 2.36. The first kappa shape index (κ1) is 27.1. The van der Waals surface area contributed by atoms with Crippen LogP contribution in [0.3, 0.4) is 0 Å². The van der Waals surface area contributed by atoms with Gasteiger partial charge in [0.15, 0.2) is 0 Å². The Kier molecular flexibility index (Phi) is 7.49. The summed E-state index contributed by atoms with van der Waals surface area (Å²) in [6.07, 6.45) is 1.07. The molecule has 0 fully saturated rings. The lowest BCUT2D eigenvalue weighted by Crippen LogP contribution is -2.42. The zero-order chi connectivity index (χ0) is 27.7. The molecular formula is C35H33Cl2NSi2. The lowest BCUT2D eigenvalue weighted by molar-refractivity contribution is 1.04. The Hall–Kier alpha value is -3.09. The maximum absolute atomic E-state index is 6.86. The van der Waals surface area contributed by atoms with E-state index < -0.39 is 14.8 Å². The third-order valence-electron chi connectivity index (χ3n) is 8.18. The summed E-state index contributed by atoms with van der Waals surface area (Å²) in [6.45, 7) is 2.49. The predicted octanol–water partition coefficient (Wildman–Crippen LogP) is 9.58. The molecule has 5 aromatic carbocycles. The summed E-state index contributed by atoms with van der Waals surface area (Å²) in [4.78, 5) is 0. The molecular weight excluding hydrogens is 561 g/mol. The molecule has 0 aliphatic heterocycles. The Morgan fingerprint density at radius 1 is 0.550 bits per heavy atom. The van der Waals surface area contributed by atoms with Gasteiger partial charge >= 0.3 is 0 Å². The van der Waals surface area contributed by atoms with Crippen molar-refractivity contribution in [1.29, 1.82) is 0 Å². The van der Waals surface area contributed by atoms with Crippen molar-refractivity contribution in [3.63, 3.8) is 0 Å². The smallest absolute Gasteiger partial charge is 0.280 e. The normalized spacial score (nSPS) is 12.3. The number of aromatic nitrogens is 1. The second-order valence-corrected chi connectivity index (χ2v) is 23.1. The maximum atomic E-state index is 6.86. The van der Waals surface area contributed by atoms with Gasteiger partial charge in [-0.25, -0.2) is 0 Å². The van der Waals surface area contributed by atoms with E-state index >= 15 is 0 Å². The van der Waals surface area contributed by atoms with Gasteiger partial charge < -0.3 is 4.57 Å². The van der Waals surface area contributed by atoms with Crippen molar-refractivity contribution >= 4 is 69.1 Å². The van der Waals surface area contributed by atoms with Crippen LogP contribution in [0.25, 0.3) is 38.6 Å². The molecule has 0 radical (unpaired) electrons. The van der Waals surface area contributed by atoms with Crippen LogP contribution < -0.4 is 10.4 Å². The van der Waals surface area contributed by atoms with Crippen LogP contribution in [-0.4, -0.2) is 19.3 Å². The van der Waals surface area contributed by atoms with Crippen molar-refractivity contribution in [2.24, 2.45) is 0 Å². The van der Waals surface area contributed by atoms with Crippen LogP contribution in [0.15, 0.2) is 127 Å². The van der Waals surface area contributed by atoms with Crippen molar-refractivity contribution < 1.29 is 0 Å². The molecule has 0 amide bonds. The van der Waals surface area contributed by atoms with E-state index in [0.717, 1.165) is 17.7 Å². The van der Waals surface area contributed by atoms with E-state index in [9.17, 15) is 0 Å². The van der Waals surface area contributed by atoms with E-state index in [4.69, 9.17) is 22.2 Å². The minimum atomic E-state index is -2.43. The summed E-state index contributed by atoms with van der Waals surface area (Å²) in [5.74, 6) is 0. The summed E-state index contributed by atoms with van der Waals surface area (Å²) in [6, 6.07) is 47.8. The molecule has 0 bridgehead atoms. The molecule has 0 aliphatic carbocycles. The van der Waals surface area contributed by atoms with Crippen molar-refractivity contribution in [2.75, 3.05) is 0 Å². The molecule has 0 unspecified atom stereocenters. The molecule has 0 aliphatic rings. The van der Waals surface area contributed by atoms with Gasteiger partial charge in [-0.3, -0.25) is 0 Å². The number of fused-ring (bicyclic) bond motifs is 3. The highest BCUT2D eigenvalue weighted by atomic mass is 35.7. The van der Waals surface area contributed by atoms with Crippen LogP contribution >= 0.6 is 22.2 Å². The van der Waals surface area contributed by atoms with Gasteiger partial charge in [-0.05, 0) is 52.7 Å². The van der Waals surface area contributed by atoms with Crippen LogP contribution in [0.1, 0.15) is 6.42 Å². The molecule has 40 heavy (non-hydrogen) atoms. The van der Waals surface area contributed by atoms with Gasteiger partial charge in [0.25, 0.3) is 6.69 Å². The van der Waals surface area contributed by atoms with E-state index in [1.807, 2.05) is 18.2 Å². The quantitative estimate of drug-likeness (QED) is 0.122. The molecule has 0 atom stereocenters. The third-order valence-corrected chi connectivity index (χ3v) is 16.3. The lowest BCUT2D eigenvalue weighted by atomic mass is 10.0. The largest absolute Gasteiger partial charge is 0.309 e. The molecule has 6 aromatic rings. The second kappa shape index (κ2) is 11.1. The van der Waals surface area contributed by atoms with E-state index in [1.54, 1.807) is 0 Å². The molecule has 5 heteroatoms. The Labute approximate surface area is 248 Å². The van der Waals surface area contributed by atoms with Gasteiger partial charge in [-0.1, -0.05) is 128 Å². The van der Waals surface area contributed by atoms with Crippen molar-refractivity contribution in [2.45, 2.75) is 31.6 Å². The first-order valence-corrected chi connectivity index (χ1v) is 21.4. The Morgan fingerprint density at radius 3 is 1.88 bits per heavy atom. The zero-order valence-electron chi connectivity index (χ0n) is 22.9. The fourth-order valence-electron chi connectivity index (χ4n) is 5.84. The molecule has 0 saturated carbocycles. The van der Waals surface area contributed by atoms with Crippen LogP contribution in [0.5, 0.6) is 0 Å². The molecule has 0 N–H and O–H groups in total. The Balaban J connectivity index is 1.24. The number of rotatable bonds is 8. The van der Waals surface area contributed by atoms with Gasteiger partial charge in [-0.15, -0.1) is 22.2 Å². The van der Waals surface area contributed by atoms with Gasteiger partial charge in [0.2, 0.25) is 0 Å². The Morgan fingerprint density at radius 2 is 1.15 bits per heavy atom. The van der Waals surface area contributed by atoms with Crippen LogP contribution in [0.4, 0.5) is 0 Å². The van der Waals surface area contributed by atoms with Crippen LogP contribution in [0, 0.1) is 0 Å². The highest BCUT2D eigenvalue weighted by Gasteiger charge is 2.32. The van der Waals surface area contributed by atoms with Crippen molar-refractivity contribution in [3.8, 4) is 16.8 Å².